The van der Waals surface area contributed by atoms with Crippen LogP contribution >= 0.6 is 15.9 Å². The molecule has 1 aliphatic heterocycles. The third kappa shape index (κ3) is 4.01. The van der Waals surface area contributed by atoms with Crippen LogP contribution in [0.5, 0.6) is 0 Å². The molecule has 3 nitrogen and oxygen atoms in total. The number of rotatable bonds is 4. The number of nitrogens with zero attached hydrogens (tertiary/aromatic N) is 1. The summed E-state index contributed by atoms with van der Waals surface area (Å²) in [6.07, 6.45) is 4.41. The number of nitriles is 1. The Kier molecular flexibility index (Phi) is 5.16. The van der Waals surface area contributed by atoms with E-state index in [1.54, 1.807) is 0 Å². The van der Waals surface area contributed by atoms with E-state index in [1.807, 2.05) is 64.1 Å². The zero-order chi connectivity index (χ0) is 16.4. The van der Waals surface area contributed by atoms with E-state index in [1.165, 1.54) is 0 Å². The highest BCUT2D eigenvalue weighted by atomic mass is 79.9. The van der Waals surface area contributed by atoms with E-state index in [0.29, 0.717) is 6.32 Å². The van der Waals surface area contributed by atoms with Crippen molar-refractivity contribution in [1.29, 1.82) is 5.26 Å². The first kappa shape index (κ1) is 17.3. The molecule has 116 valence electrons. The molecule has 2 rings (SSSR count). The van der Waals surface area contributed by atoms with Crippen LogP contribution in [0.4, 0.5) is 0 Å². The van der Waals surface area contributed by atoms with Gasteiger partial charge in [0.05, 0.1) is 23.2 Å². The molecule has 0 N–H and O–H groups in total. The molecule has 22 heavy (non-hydrogen) atoms. The zero-order valence-electron chi connectivity index (χ0n) is 13.5. The van der Waals surface area contributed by atoms with Crippen LogP contribution in [0.15, 0.2) is 34.8 Å². The molecule has 1 saturated heterocycles. The van der Waals surface area contributed by atoms with Crippen LogP contribution < -0.4 is 0 Å². The van der Waals surface area contributed by atoms with Crippen molar-refractivity contribution in [2.75, 3.05) is 0 Å². The lowest BCUT2D eigenvalue weighted by molar-refractivity contribution is 0.00578. The van der Waals surface area contributed by atoms with Gasteiger partial charge in [-0.05, 0) is 45.4 Å². The molecular weight excluding hydrogens is 341 g/mol. The minimum Gasteiger partial charge on any atom is -0.403 e. The van der Waals surface area contributed by atoms with E-state index in [4.69, 9.17) is 9.31 Å². The molecule has 1 fully saturated rings. The Hall–Kier alpha value is -1.09. The fourth-order valence-corrected chi connectivity index (χ4v) is 2.51. The van der Waals surface area contributed by atoms with Crippen LogP contribution in [0.3, 0.4) is 0 Å². The van der Waals surface area contributed by atoms with Gasteiger partial charge in [0.1, 0.15) is 0 Å². The molecule has 1 aromatic rings. The first-order valence-electron chi connectivity index (χ1n) is 7.42. The molecule has 0 saturated carbocycles. The fraction of sp³-hybridized carbons (Fsp3) is 0.471. The monoisotopic (exact) mass is 361 g/mol. The summed E-state index contributed by atoms with van der Waals surface area (Å²) in [5.41, 5.74) is 0.359. The van der Waals surface area contributed by atoms with Gasteiger partial charge < -0.3 is 9.31 Å². The molecule has 0 amide bonds. The molecule has 0 aromatic heterocycles. The average Bonchev–Trinajstić information content (AvgIpc) is 2.64. The van der Waals surface area contributed by atoms with Gasteiger partial charge in [-0.15, -0.1) is 0 Å². The first-order chi connectivity index (χ1) is 10.2. The largest absolute Gasteiger partial charge is 0.459 e. The highest BCUT2D eigenvalue weighted by Crippen LogP contribution is 2.38. The van der Waals surface area contributed by atoms with Crippen molar-refractivity contribution in [3.05, 3.63) is 40.4 Å². The summed E-state index contributed by atoms with van der Waals surface area (Å²) in [7, 11) is -0.343. The average molecular weight is 362 g/mol. The van der Waals surface area contributed by atoms with E-state index in [9.17, 15) is 5.26 Å². The highest BCUT2D eigenvalue weighted by molar-refractivity contribution is 9.10. The third-order valence-corrected chi connectivity index (χ3v) is 4.83. The quantitative estimate of drug-likeness (QED) is 0.730. The highest BCUT2D eigenvalue weighted by Gasteiger charge is 2.51. The molecule has 5 heteroatoms. The molecule has 0 unspecified atom stereocenters. The van der Waals surface area contributed by atoms with Gasteiger partial charge in [-0.1, -0.05) is 40.2 Å². The first-order valence-corrected chi connectivity index (χ1v) is 8.22. The standard InChI is InChI=1S/C17H21BBrNO2/c1-16(2)17(3,4)22-18(21-16)11-14(12-20)6-5-13-7-9-15(19)10-8-13/h5-10,14H,11H2,1-4H3/b6-5+/t14-/m1/s1. The molecular formula is C17H21BBrNO2. The Morgan fingerprint density at radius 2 is 1.73 bits per heavy atom. The lowest BCUT2D eigenvalue weighted by Crippen LogP contribution is -2.41. The lowest BCUT2D eigenvalue weighted by atomic mass is 9.77. The van der Waals surface area contributed by atoms with Crippen LogP contribution in [-0.4, -0.2) is 18.3 Å². The maximum atomic E-state index is 9.35. The van der Waals surface area contributed by atoms with Crippen molar-refractivity contribution in [3.63, 3.8) is 0 Å². The van der Waals surface area contributed by atoms with E-state index >= 15 is 0 Å². The van der Waals surface area contributed by atoms with Crippen molar-refractivity contribution >= 4 is 29.1 Å². The van der Waals surface area contributed by atoms with Gasteiger partial charge in [0.2, 0.25) is 0 Å². The summed E-state index contributed by atoms with van der Waals surface area (Å²) < 4.78 is 12.9. The number of halogens is 1. The van der Waals surface area contributed by atoms with Gasteiger partial charge in [0.25, 0.3) is 0 Å². The third-order valence-electron chi connectivity index (χ3n) is 4.31. The van der Waals surface area contributed by atoms with Crippen molar-refractivity contribution in [2.45, 2.75) is 45.2 Å². The Morgan fingerprint density at radius 1 is 1.18 bits per heavy atom. The summed E-state index contributed by atoms with van der Waals surface area (Å²) in [5, 5.41) is 9.35. The predicted molar refractivity (Wildman–Crippen MR) is 93.2 cm³/mol. The normalized spacial score (nSPS) is 21.0. The van der Waals surface area contributed by atoms with Crippen LogP contribution in [0.25, 0.3) is 6.08 Å². The maximum Gasteiger partial charge on any atom is 0.459 e. The molecule has 0 spiro atoms. The van der Waals surface area contributed by atoms with Crippen molar-refractivity contribution in [1.82, 2.24) is 0 Å². The summed E-state index contributed by atoms with van der Waals surface area (Å²) >= 11 is 3.41. The van der Waals surface area contributed by atoms with Crippen molar-refractivity contribution < 1.29 is 9.31 Å². The van der Waals surface area contributed by atoms with E-state index in [-0.39, 0.29) is 24.2 Å². The Balaban J connectivity index is 1.99. The second kappa shape index (κ2) is 6.58. The molecule has 0 bridgehead atoms. The molecule has 0 aliphatic carbocycles. The lowest BCUT2D eigenvalue weighted by Gasteiger charge is -2.32. The van der Waals surface area contributed by atoms with Gasteiger partial charge in [0.15, 0.2) is 0 Å². The second-order valence-corrected chi connectivity index (χ2v) is 7.48. The number of hydrogen-bond donors (Lipinski definition) is 0. The van der Waals surface area contributed by atoms with Gasteiger partial charge in [-0.3, -0.25) is 0 Å². The minimum absolute atomic E-state index is 0.238. The predicted octanol–water partition coefficient (Wildman–Crippen LogP) is 4.69. The fourth-order valence-electron chi connectivity index (χ4n) is 2.24. The van der Waals surface area contributed by atoms with Gasteiger partial charge >= 0.3 is 7.12 Å². The SMILES string of the molecule is CC1(C)OB(C[C@H](C#N)/C=C/c2ccc(Br)cc2)OC1(C)C. The molecule has 1 atom stereocenters. The summed E-state index contributed by atoms with van der Waals surface area (Å²) in [6.45, 7) is 8.08. The Bertz CT molecular complexity index is 574. The topological polar surface area (TPSA) is 42.2 Å². The van der Waals surface area contributed by atoms with Gasteiger partial charge in [-0.25, -0.2) is 0 Å². The summed E-state index contributed by atoms with van der Waals surface area (Å²) in [6, 6.07) is 10.3. The van der Waals surface area contributed by atoms with Crippen LogP contribution in [0.1, 0.15) is 33.3 Å². The second-order valence-electron chi connectivity index (χ2n) is 6.57. The number of benzene rings is 1. The van der Waals surface area contributed by atoms with Gasteiger partial charge in [0, 0.05) is 10.8 Å². The van der Waals surface area contributed by atoms with Crippen LogP contribution in [0.2, 0.25) is 6.32 Å². The Morgan fingerprint density at radius 3 is 2.23 bits per heavy atom. The van der Waals surface area contributed by atoms with Gasteiger partial charge in [-0.2, -0.15) is 5.26 Å². The molecule has 0 radical (unpaired) electrons. The van der Waals surface area contributed by atoms with Crippen LogP contribution in [-0.2, 0) is 9.31 Å². The molecule has 1 aliphatic rings. The smallest absolute Gasteiger partial charge is 0.403 e. The summed E-state index contributed by atoms with van der Waals surface area (Å²) in [5.74, 6) is -0.238. The number of hydrogen-bond acceptors (Lipinski definition) is 3. The van der Waals surface area contributed by atoms with E-state index < -0.39 is 0 Å². The van der Waals surface area contributed by atoms with E-state index in [2.05, 4.69) is 22.0 Å². The van der Waals surface area contributed by atoms with Crippen LogP contribution in [0, 0.1) is 17.2 Å². The van der Waals surface area contributed by atoms with Crippen molar-refractivity contribution in [3.8, 4) is 6.07 Å². The summed E-state index contributed by atoms with van der Waals surface area (Å²) in [4.78, 5) is 0. The maximum absolute atomic E-state index is 9.35. The minimum atomic E-state index is -0.354. The van der Waals surface area contributed by atoms with Crippen molar-refractivity contribution in [2.24, 2.45) is 5.92 Å². The molecule has 1 aromatic carbocycles. The Labute approximate surface area is 141 Å². The zero-order valence-corrected chi connectivity index (χ0v) is 15.1. The number of allylic oxidation sites excluding steroid dienone is 1. The van der Waals surface area contributed by atoms with E-state index in [0.717, 1.165) is 10.0 Å². The molecule has 1 heterocycles.